The van der Waals surface area contributed by atoms with Gasteiger partial charge in [-0.3, -0.25) is 0 Å². The predicted molar refractivity (Wildman–Crippen MR) is 61.5 cm³/mol. The summed E-state index contributed by atoms with van der Waals surface area (Å²) >= 11 is 1.58. The summed E-state index contributed by atoms with van der Waals surface area (Å²) in [5, 5.41) is 3.54. The van der Waals surface area contributed by atoms with Crippen LogP contribution in [0.4, 0.5) is 5.95 Å². The van der Waals surface area contributed by atoms with E-state index in [1.54, 1.807) is 25.9 Å². The third-order valence-electron chi connectivity index (χ3n) is 1.40. The van der Waals surface area contributed by atoms with Gasteiger partial charge in [0.15, 0.2) is 5.16 Å². The van der Waals surface area contributed by atoms with E-state index >= 15 is 0 Å². The summed E-state index contributed by atoms with van der Waals surface area (Å²) in [5.41, 5.74) is 0. The van der Waals surface area contributed by atoms with Gasteiger partial charge in [0.2, 0.25) is 5.95 Å². The van der Waals surface area contributed by atoms with Crippen LogP contribution in [0.5, 0.6) is 6.01 Å². The molecule has 0 aliphatic rings. The van der Waals surface area contributed by atoms with Gasteiger partial charge in [-0.05, 0) is 0 Å². The molecule has 84 valence electrons. The van der Waals surface area contributed by atoms with Crippen LogP contribution in [-0.4, -0.2) is 33.9 Å². The Balaban J connectivity index is 2.97. The standard InChI is InChI=1S/C9H16N4OS/c1-9(2,3)15-8-12-6(10-4)11-7(13-8)14-5/h1-5H3,(H,10,11,12,13). The molecule has 0 aliphatic carbocycles. The number of ether oxygens (including phenoxy) is 1. The van der Waals surface area contributed by atoms with Gasteiger partial charge in [0.25, 0.3) is 0 Å². The molecule has 0 aliphatic heterocycles. The molecule has 1 heterocycles. The van der Waals surface area contributed by atoms with E-state index < -0.39 is 0 Å². The maximum atomic E-state index is 5.00. The van der Waals surface area contributed by atoms with Crippen molar-refractivity contribution >= 4 is 17.7 Å². The van der Waals surface area contributed by atoms with Gasteiger partial charge in [0.1, 0.15) is 0 Å². The van der Waals surface area contributed by atoms with Gasteiger partial charge in [-0.15, -0.1) is 0 Å². The maximum absolute atomic E-state index is 5.00. The van der Waals surface area contributed by atoms with E-state index in [-0.39, 0.29) is 4.75 Å². The highest BCUT2D eigenvalue weighted by molar-refractivity contribution is 8.00. The molecule has 1 aromatic rings. The first-order valence-electron chi connectivity index (χ1n) is 4.61. The van der Waals surface area contributed by atoms with E-state index in [9.17, 15) is 0 Å². The molecule has 0 atom stereocenters. The lowest BCUT2D eigenvalue weighted by Crippen LogP contribution is -2.10. The molecule has 0 saturated carbocycles. The highest BCUT2D eigenvalue weighted by Crippen LogP contribution is 2.30. The first kappa shape index (κ1) is 12.0. The molecule has 5 nitrogen and oxygen atoms in total. The quantitative estimate of drug-likeness (QED) is 0.796. The molecule has 0 spiro atoms. The van der Waals surface area contributed by atoms with Crippen molar-refractivity contribution in [2.45, 2.75) is 30.7 Å². The largest absolute Gasteiger partial charge is 0.467 e. The maximum Gasteiger partial charge on any atom is 0.321 e. The minimum Gasteiger partial charge on any atom is -0.467 e. The molecular formula is C9H16N4OS. The molecule has 0 bridgehead atoms. The first-order valence-corrected chi connectivity index (χ1v) is 5.43. The zero-order chi connectivity index (χ0) is 11.5. The van der Waals surface area contributed by atoms with Crippen LogP contribution < -0.4 is 10.1 Å². The van der Waals surface area contributed by atoms with E-state index in [0.717, 1.165) is 0 Å². The molecule has 0 fully saturated rings. The molecule has 15 heavy (non-hydrogen) atoms. The third-order valence-corrected chi connectivity index (χ3v) is 2.38. The third kappa shape index (κ3) is 3.91. The second-order valence-corrected chi connectivity index (χ2v) is 5.69. The summed E-state index contributed by atoms with van der Waals surface area (Å²) in [7, 11) is 3.31. The van der Waals surface area contributed by atoms with Crippen molar-refractivity contribution in [3.63, 3.8) is 0 Å². The Bertz CT molecular complexity index is 315. The lowest BCUT2D eigenvalue weighted by Gasteiger charge is -2.16. The van der Waals surface area contributed by atoms with Gasteiger partial charge >= 0.3 is 6.01 Å². The lowest BCUT2D eigenvalue weighted by atomic mass is 10.3. The summed E-state index contributed by atoms with van der Waals surface area (Å²) < 4.78 is 5.06. The second-order valence-electron chi connectivity index (χ2n) is 3.89. The van der Waals surface area contributed by atoms with Crippen LogP contribution in [-0.2, 0) is 0 Å². The Morgan fingerprint density at radius 1 is 1.20 bits per heavy atom. The van der Waals surface area contributed by atoms with Gasteiger partial charge in [-0.2, -0.15) is 15.0 Å². The van der Waals surface area contributed by atoms with Crippen LogP contribution in [0.2, 0.25) is 0 Å². The molecule has 0 unspecified atom stereocenters. The fraction of sp³-hybridized carbons (Fsp3) is 0.667. The Hall–Kier alpha value is -1.04. The summed E-state index contributed by atoms with van der Waals surface area (Å²) in [6.45, 7) is 6.31. The molecule has 1 rings (SSSR count). The summed E-state index contributed by atoms with van der Waals surface area (Å²) in [6.07, 6.45) is 0. The average molecular weight is 228 g/mol. The normalized spacial score (nSPS) is 11.3. The average Bonchev–Trinajstić information content (AvgIpc) is 2.14. The number of rotatable bonds is 3. The topological polar surface area (TPSA) is 59.9 Å². The fourth-order valence-electron chi connectivity index (χ4n) is 0.861. The Labute approximate surface area is 94.1 Å². The summed E-state index contributed by atoms with van der Waals surface area (Å²) in [6, 6.07) is 0.334. The van der Waals surface area contributed by atoms with E-state index in [1.807, 2.05) is 0 Å². The number of hydrogen-bond acceptors (Lipinski definition) is 6. The number of anilines is 1. The van der Waals surface area contributed by atoms with E-state index in [2.05, 4.69) is 41.0 Å². The SMILES string of the molecule is CNc1nc(OC)nc(SC(C)(C)C)n1. The second kappa shape index (κ2) is 4.65. The number of nitrogens with zero attached hydrogens (tertiary/aromatic N) is 3. The number of hydrogen-bond donors (Lipinski definition) is 1. The number of methoxy groups -OCH3 is 1. The monoisotopic (exact) mass is 228 g/mol. The molecule has 0 saturated heterocycles. The van der Waals surface area contributed by atoms with Gasteiger partial charge < -0.3 is 10.1 Å². The highest BCUT2D eigenvalue weighted by Gasteiger charge is 2.16. The van der Waals surface area contributed by atoms with E-state index in [0.29, 0.717) is 17.1 Å². The lowest BCUT2D eigenvalue weighted by molar-refractivity contribution is 0.373. The minimum absolute atomic E-state index is 0.0668. The van der Waals surface area contributed by atoms with Crippen molar-refractivity contribution in [3.05, 3.63) is 0 Å². The fourth-order valence-corrected chi connectivity index (χ4v) is 1.66. The molecule has 1 aromatic heterocycles. The predicted octanol–water partition coefficient (Wildman–Crippen LogP) is 1.81. The van der Waals surface area contributed by atoms with Crippen molar-refractivity contribution < 1.29 is 4.74 Å². The number of nitrogens with one attached hydrogen (secondary N) is 1. The summed E-state index contributed by atoms with van der Waals surface area (Å²) in [4.78, 5) is 12.4. The molecule has 0 amide bonds. The summed E-state index contributed by atoms with van der Waals surface area (Å²) in [5.74, 6) is 0.522. The zero-order valence-corrected chi connectivity index (χ0v) is 10.5. The Morgan fingerprint density at radius 3 is 2.33 bits per heavy atom. The Morgan fingerprint density at radius 2 is 1.87 bits per heavy atom. The van der Waals surface area contributed by atoms with Crippen LogP contribution >= 0.6 is 11.8 Å². The van der Waals surface area contributed by atoms with Crippen LogP contribution in [0, 0.1) is 0 Å². The van der Waals surface area contributed by atoms with E-state index in [1.165, 1.54) is 0 Å². The van der Waals surface area contributed by atoms with Crippen molar-refractivity contribution in [1.82, 2.24) is 15.0 Å². The van der Waals surface area contributed by atoms with Gasteiger partial charge in [0.05, 0.1) is 7.11 Å². The number of thioether (sulfide) groups is 1. The van der Waals surface area contributed by atoms with Crippen LogP contribution in [0.3, 0.4) is 0 Å². The smallest absolute Gasteiger partial charge is 0.321 e. The van der Waals surface area contributed by atoms with Gasteiger partial charge in [-0.1, -0.05) is 32.5 Å². The van der Waals surface area contributed by atoms with E-state index in [4.69, 9.17) is 4.74 Å². The molecule has 6 heteroatoms. The highest BCUT2D eigenvalue weighted by atomic mass is 32.2. The Kier molecular flexibility index (Phi) is 3.73. The minimum atomic E-state index is 0.0668. The van der Waals surface area contributed by atoms with Crippen molar-refractivity contribution in [3.8, 4) is 6.01 Å². The number of aromatic nitrogens is 3. The van der Waals surface area contributed by atoms with Gasteiger partial charge in [-0.25, -0.2) is 0 Å². The first-order chi connectivity index (χ1) is 6.94. The molecule has 0 radical (unpaired) electrons. The van der Waals surface area contributed by atoms with Crippen LogP contribution in [0.15, 0.2) is 5.16 Å². The van der Waals surface area contributed by atoms with Crippen LogP contribution in [0.1, 0.15) is 20.8 Å². The van der Waals surface area contributed by atoms with Crippen molar-refractivity contribution in [1.29, 1.82) is 0 Å². The molecule has 1 N–H and O–H groups in total. The zero-order valence-electron chi connectivity index (χ0n) is 9.66. The molecule has 0 aromatic carbocycles. The van der Waals surface area contributed by atoms with Crippen molar-refractivity contribution in [2.75, 3.05) is 19.5 Å². The van der Waals surface area contributed by atoms with Crippen LogP contribution in [0.25, 0.3) is 0 Å². The van der Waals surface area contributed by atoms with Crippen molar-refractivity contribution in [2.24, 2.45) is 0 Å². The molecular weight excluding hydrogens is 212 g/mol. The van der Waals surface area contributed by atoms with Gasteiger partial charge in [0, 0.05) is 11.8 Å².